The van der Waals surface area contributed by atoms with Crippen LogP contribution in [0.4, 0.5) is 17.1 Å². The summed E-state index contributed by atoms with van der Waals surface area (Å²) in [7, 11) is 1.44. The van der Waals surface area contributed by atoms with Crippen molar-refractivity contribution in [2.45, 2.75) is 46.1 Å². The number of ether oxygens (including phenoxy) is 1. The Morgan fingerprint density at radius 3 is 2.35 bits per heavy atom. The monoisotopic (exact) mass is 325 g/mol. The lowest BCUT2D eigenvalue weighted by molar-refractivity contribution is -0.393. The molecule has 1 rings (SSSR count). The molecule has 0 heterocycles. The molecule has 8 nitrogen and oxygen atoms in total. The highest BCUT2D eigenvalue weighted by Gasteiger charge is 2.31. The summed E-state index contributed by atoms with van der Waals surface area (Å²) in [5, 5.41) is 25.8. The first-order valence-electron chi connectivity index (χ1n) is 7.68. The Kier molecular flexibility index (Phi) is 7.40. The topological polar surface area (TPSA) is 108 Å². The Labute approximate surface area is 135 Å². The SMILES string of the molecule is CCCCCNc1c([N+](=O)[O-])cc(CC)c(COC)c1[N+](=O)[O-]. The molecule has 0 radical (unpaired) electrons. The molecule has 0 saturated carbocycles. The summed E-state index contributed by atoms with van der Waals surface area (Å²) in [4.78, 5) is 21.7. The maximum absolute atomic E-state index is 11.5. The number of nitro benzene ring substituents is 2. The van der Waals surface area contributed by atoms with Gasteiger partial charge in [-0.3, -0.25) is 20.2 Å². The Bertz CT molecular complexity index is 575. The van der Waals surface area contributed by atoms with Gasteiger partial charge in [0.05, 0.1) is 22.0 Å². The largest absolute Gasteiger partial charge is 0.380 e. The van der Waals surface area contributed by atoms with E-state index in [1.807, 2.05) is 6.92 Å². The summed E-state index contributed by atoms with van der Waals surface area (Å²) in [5.74, 6) is 0. The number of hydrogen-bond acceptors (Lipinski definition) is 6. The number of unbranched alkanes of at least 4 members (excludes halogenated alkanes) is 2. The standard InChI is InChI=1S/C15H23N3O5/c1-4-6-7-8-16-14-13(17(19)20)9-11(5-2)12(10-23-3)15(14)18(21)22/h9,16H,4-8,10H2,1-3H3. The second-order valence-corrected chi connectivity index (χ2v) is 5.19. The van der Waals surface area contributed by atoms with Gasteiger partial charge in [0.15, 0.2) is 5.69 Å². The van der Waals surface area contributed by atoms with Crippen LogP contribution in [0, 0.1) is 20.2 Å². The number of anilines is 1. The van der Waals surface area contributed by atoms with Crippen molar-refractivity contribution in [2.75, 3.05) is 19.0 Å². The zero-order chi connectivity index (χ0) is 17.4. The van der Waals surface area contributed by atoms with Gasteiger partial charge in [0.1, 0.15) is 0 Å². The third-order valence-electron chi connectivity index (χ3n) is 3.61. The number of rotatable bonds is 10. The van der Waals surface area contributed by atoms with Crippen molar-refractivity contribution in [1.82, 2.24) is 0 Å². The van der Waals surface area contributed by atoms with Gasteiger partial charge < -0.3 is 10.1 Å². The van der Waals surface area contributed by atoms with Crippen LogP contribution in [0.5, 0.6) is 0 Å². The van der Waals surface area contributed by atoms with Crippen molar-refractivity contribution in [2.24, 2.45) is 0 Å². The van der Waals surface area contributed by atoms with Crippen LogP contribution < -0.4 is 5.32 Å². The minimum atomic E-state index is -0.578. The highest BCUT2D eigenvalue weighted by Crippen LogP contribution is 2.40. The Morgan fingerprint density at radius 2 is 1.87 bits per heavy atom. The maximum atomic E-state index is 11.5. The molecule has 0 bridgehead atoms. The van der Waals surface area contributed by atoms with Crippen LogP contribution in [0.2, 0.25) is 0 Å². The normalized spacial score (nSPS) is 10.6. The third-order valence-corrected chi connectivity index (χ3v) is 3.61. The highest BCUT2D eigenvalue weighted by molar-refractivity contribution is 5.78. The van der Waals surface area contributed by atoms with Crippen LogP contribution in [0.25, 0.3) is 0 Å². The van der Waals surface area contributed by atoms with Gasteiger partial charge in [-0.25, -0.2) is 0 Å². The lowest BCUT2D eigenvalue weighted by Crippen LogP contribution is -2.11. The van der Waals surface area contributed by atoms with Crippen LogP contribution >= 0.6 is 0 Å². The molecule has 0 unspecified atom stereocenters. The molecule has 0 spiro atoms. The molecule has 0 aromatic heterocycles. The van der Waals surface area contributed by atoms with Crippen molar-refractivity contribution in [3.05, 3.63) is 37.4 Å². The fourth-order valence-corrected chi connectivity index (χ4v) is 2.48. The van der Waals surface area contributed by atoms with Crippen molar-refractivity contribution < 1.29 is 14.6 Å². The predicted octanol–water partition coefficient (Wildman–Crippen LogP) is 3.81. The number of nitrogens with zero attached hydrogens (tertiary/aromatic N) is 2. The van der Waals surface area contributed by atoms with Crippen LogP contribution in [-0.2, 0) is 17.8 Å². The molecule has 0 amide bonds. The van der Waals surface area contributed by atoms with Gasteiger partial charge in [-0.15, -0.1) is 0 Å². The molecule has 8 heteroatoms. The average molecular weight is 325 g/mol. The first-order chi connectivity index (χ1) is 11.0. The first-order valence-corrected chi connectivity index (χ1v) is 7.68. The number of benzene rings is 1. The fourth-order valence-electron chi connectivity index (χ4n) is 2.48. The summed E-state index contributed by atoms with van der Waals surface area (Å²) >= 11 is 0. The lowest BCUT2D eigenvalue weighted by atomic mass is 10.0. The minimum Gasteiger partial charge on any atom is -0.380 e. The third kappa shape index (κ3) is 4.62. The van der Waals surface area contributed by atoms with Crippen molar-refractivity contribution in [3.8, 4) is 0 Å². The van der Waals surface area contributed by atoms with E-state index in [1.54, 1.807) is 6.92 Å². The van der Waals surface area contributed by atoms with E-state index in [0.29, 0.717) is 24.1 Å². The van der Waals surface area contributed by atoms with Gasteiger partial charge in [-0.2, -0.15) is 0 Å². The van der Waals surface area contributed by atoms with E-state index in [-0.39, 0.29) is 23.7 Å². The van der Waals surface area contributed by atoms with E-state index in [2.05, 4.69) is 5.32 Å². The Hall–Kier alpha value is -2.22. The van der Waals surface area contributed by atoms with Crippen LogP contribution in [0.3, 0.4) is 0 Å². The number of nitrogens with one attached hydrogen (secondary N) is 1. The fraction of sp³-hybridized carbons (Fsp3) is 0.600. The van der Waals surface area contributed by atoms with E-state index in [1.165, 1.54) is 13.2 Å². The lowest BCUT2D eigenvalue weighted by Gasteiger charge is -2.14. The quantitative estimate of drug-likeness (QED) is 0.398. The molecule has 1 N–H and O–H groups in total. The van der Waals surface area contributed by atoms with E-state index in [4.69, 9.17) is 4.74 Å². The van der Waals surface area contributed by atoms with Gasteiger partial charge in [0.25, 0.3) is 5.69 Å². The molecular weight excluding hydrogens is 302 g/mol. The van der Waals surface area contributed by atoms with E-state index in [9.17, 15) is 20.2 Å². The van der Waals surface area contributed by atoms with Crippen molar-refractivity contribution >= 4 is 17.1 Å². The molecule has 0 fully saturated rings. The number of hydrogen-bond donors (Lipinski definition) is 1. The summed E-state index contributed by atoms with van der Waals surface area (Å²) in [6.07, 6.45) is 3.19. The second kappa shape index (κ2) is 9.04. The molecule has 1 aromatic rings. The zero-order valence-corrected chi connectivity index (χ0v) is 13.8. The van der Waals surface area contributed by atoms with Gasteiger partial charge in [0, 0.05) is 19.7 Å². The smallest absolute Gasteiger partial charge is 0.305 e. The molecule has 0 aliphatic rings. The molecule has 0 atom stereocenters. The van der Waals surface area contributed by atoms with Crippen molar-refractivity contribution in [1.29, 1.82) is 0 Å². The molecule has 0 aliphatic heterocycles. The number of methoxy groups -OCH3 is 1. The molecule has 1 aromatic carbocycles. The summed E-state index contributed by atoms with van der Waals surface area (Å²) in [6, 6.07) is 1.41. The van der Waals surface area contributed by atoms with Gasteiger partial charge in [-0.1, -0.05) is 26.7 Å². The van der Waals surface area contributed by atoms with Gasteiger partial charge >= 0.3 is 5.69 Å². The molecule has 0 saturated heterocycles. The molecule has 23 heavy (non-hydrogen) atoms. The van der Waals surface area contributed by atoms with Crippen LogP contribution in [0.15, 0.2) is 6.07 Å². The second-order valence-electron chi connectivity index (χ2n) is 5.19. The summed E-state index contributed by atoms with van der Waals surface area (Å²) in [6.45, 7) is 4.34. The molecular formula is C15H23N3O5. The van der Waals surface area contributed by atoms with Gasteiger partial charge in [-0.05, 0) is 18.4 Å². The highest BCUT2D eigenvalue weighted by atomic mass is 16.6. The van der Waals surface area contributed by atoms with E-state index >= 15 is 0 Å². The molecule has 0 aliphatic carbocycles. The summed E-state index contributed by atoms with van der Waals surface area (Å²) in [5.41, 5.74) is 0.410. The maximum Gasteiger partial charge on any atom is 0.305 e. The Balaban J connectivity index is 3.43. The van der Waals surface area contributed by atoms with E-state index in [0.717, 1.165) is 19.3 Å². The van der Waals surface area contributed by atoms with E-state index < -0.39 is 9.85 Å². The summed E-state index contributed by atoms with van der Waals surface area (Å²) < 4.78 is 5.06. The minimum absolute atomic E-state index is 0.0275. The average Bonchev–Trinajstić information content (AvgIpc) is 2.51. The van der Waals surface area contributed by atoms with Crippen LogP contribution in [-0.4, -0.2) is 23.5 Å². The number of nitro groups is 2. The predicted molar refractivity (Wildman–Crippen MR) is 87.9 cm³/mol. The van der Waals surface area contributed by atoms with Crippen molar-refractivity contribution in [3.63, 3.8) is 0 Å². The number of aryl methyl sites for hydroxylation is 1. The first kappa shape index (κ1) is 18.8. The Morgan fingerprint density at radius 1 is 1.17 bits per heavy atom. The zero-order valence-electron chi connectivity index (χ0n) is 13.8. The molecule has 128 valence electrons. The van der Waals surface area contributed by atoms with Crippen LogP contribution in [0.1, 0.15) is 44.2 Å². The van der Waals surface area contributed by atoms with Gasteiger partial charge in [0.2, 0.25) is 0 Å².